The van der Waals surface area contributed by atoms with Crippen molar-refractivity contribution in [1.82, 2.24) is 10.2 Å². The molecule has 0 spiro atoms. The zero-order chi connectivity index (χ0) is 22.3. The smallest absolute Gasteiger partial charge is 0.123 e. The summed E-state index contributed by atoms with van der Waals surface area (Å²) in [5.74, 6) is 1.65. The average Bonchev–Trinajstić information content (AvgIpc) is 2.78. The lowest BCUT2D eigenvalue weighted by molar-refractivity contribution is 0.0289. The number of hydrogen-bond acceptors (Lipinski definition) is 5. The monoisotopic (exact) mass is 432 g/mol. The maximum absolute atomic E-state index is 10.6. The van der Waals surface area contributed by atoms with Crippen molar-refractivity contribution in [3.63, 3.8) is 0 Å². The van der Waals surface area contributed by atoms with Crippen molar-refractivity contribution < 1.29 is 14.6 Å². The first-order chi connectivity index (χ1) is 14.8. The number of nitrogens with one attached hydrogen (secondary N) is 1. The number of hydrogen-bond donors (Lipinski definition) is 2. The van der Waals surface area contributed by atoms with Gasteiger partial charge in [0, 0.05) is 24.2 Å². The summed E-state index contributed by atoms with van der Waals surface area (Å²) >= 11 is 0. The van der Waals surface area contributed by atoms with Crippen LogP contribution in [-0.4, -0.2) is 61.5 Å². The predicted molar refractivity (Wildman–Crippen MR) is 127 cm³/mol. The van der Waals surface area contributed by atoms with Crippen LogP contribution in [-0.2, 0) is 5.41 Å². The zero-order valence-corrected chi connectivity index (χ0v) is 20.2. The average molecular weight is 433 g/mol. The molecule has 1 heterocycles. The standard InChI is InChI=1S/C26H44N2O3/c1-25(2,3)23-17-22(30-4)11-12-24(23)31-19-21(29)18-27-20-26(13-7-5-8-14-26)28-15-9-6-10-16-28/h11-12,17,21,27,29H,5-10,13-16,18-20H2,1-4H3. The van der Waals surface area contributed by atoms with Crippen molar-refractivity contribution in [2.24, 2.45) is 0 Å². The van der Waals surface area contributed by atoms with E-state index in [-0.39, 0.29) is 11.0 Å². The molecular weight excluding hydrogens is 388 g/mol. The maximum Gasteiger partial charge on any atom is 0.123 e. The number of piperidine rings is 1. The molecule has 1 aliphatic carbocycles. The third kappa shape index (κ3) is 6.59. The van der Waals surface area contributed by atoms with E-state index in [4.69, 9.17) is 9.47 Å². The molecule has 31 heavy (non-hydrogen) atoms. The fraction of sp³-hybridized carbons (Fsp3) is 0.769. The molecule has 1 saturated heterocycles. The van der Waals surface area contributed by atoms with Crippen molar-refractivity contribution in [3.05, 3.63) is 23.8 Å². The lowest BCUT2D eigenvalue weighted by Crippen LogP contribution is -2.58. The van der Waals surface area contributed by atoms with Crippen LogP contribution in [0.3, 0.4) is 0 Å². The summed E-state index contributed by atoms with van der Waals surface area (Å²) in [6.45, 7) is 10.8. The topological polar surface area (TPSA) is 54.0 Å². The van der Waals surface area contributed by atoms with Gasteiger partial charge in [0.05, 0.1) is 7.11 Å². The second-order valence-electron chi connectivity index (χ2n) is 10.5. The number of rotatable bonds is 9. The molecular formula is C26H44N2O3. The molecule has 1 unspecified atom stereocenters. The molecule has 1 aromatic carbocycles. The quantitative estimate of drug-likeness (QED) is 0.601. The lowest BCUT2D eigenvalue weighted by atomic mass is 9.79. The number of benzene rings is 1. The number of aliphatic hydroxyl groups excluding tert-OH is 1. The van der Waals surface area contributed by atoms with Crippen LogP contribution in [0.2, 0.25) is 0 Å². The summed E-state index contributed by atoms with van der Waals surface area (Å²) < 4.78 is 11.4. The Morgan fingerprint density at radius 1 is 1.06 bits per heavy atom. The fourth-order valence-corrected chi connectivity index (χ4v) is 5.25. The van der Waals surface area contributed by atoms with Gasteiger partial charge in [-0.05, 0) is 62.4 Å². The highest BCUT2D eigenvalue weighted by atomic mass is 16.5. The summed E-state index contributed by atoms with van der Waals surface area (Å²) in [6, 6.07) is 5.90. The Labute approximate surface area is 189 Å². The molecule has 1 aromatic rings. The van der Waals surface area contributed by atoms with Crippen molar-refractivity contribution in [3.8, 4) is 11.5 Å². The third-order valence-electron chi connectivity index (χ3n) is 7.07. The van der Waals surface area contributed by atoms with E-state index in [1.54, 1.807) is 7.11 Å². The normalized spacial score (nSPS) is 20.9. The Hall–Kier alpha value is -1.30. The van der Waals surface area contributed by atoms with Gasteiger partial charge in [0.25, 0.3) is 0 Å². The van der Waals surface area contributed by atoms with Gasteiger partial charge < -0.3 is 19.9 Å². The van der Waals surface area contributed by atoms with Gasteiger partial charge in [-0.3, -0.25) is 4.90 Å². The van der Waals surface area contributed by atoms with E-state index in [0.717, 1.165) is 23.6 Å². The van der Waals surface area contributed by atoms with Crippen LogP contribution in [0.15, 0.2) is 18.2 Å². The minimum absolute atomic E-state index is 0.0606. The van der Waals surface area contributed by atoms with Gasteiger partial charge in [0.1, 0.15) is 24.2 Å². The molecule has 1 saturated carbocycles. The summed E-state index contributed by atoms with van der Waals surface area (Å²) in [6.07, 6.45) is 10.1. The minimum Gasteiger partial charge on any atom is -0.497 e. The Bertz CT molecular complexity index is 674. The van der Waals surface area contributed by atoms with Crippen molar-refractivity contribution in [2.45, 2.75) is 89.2 Å². The number of methoxy groups -OCH3 is 1. The fourth-order valence-electron chi connectivity index (χ4n) is 5.25. The molecule has 5 nitrogen and oxygen atoms in total. The van der Waals surface area contributed by atoms with Gasteiger partial charge in [-0.15, -0.1) is 0 Å². The summed E-state index contributed by atoms with van der Waals surface area (Å²) in [4.78, 5) is 2.75. The van der Waals surface area contributed by atoms with Gasteiger partial charge >= 0.3 is 0 Å². The van der Waals surface area contributed by atoms with Crippen LogP contribution in [0.5, 0.6) is 11.5 Å². The van der Waals surface area contributed by atoms with E-state index in [9.17, 15) is 5.11 Å². The molecule has 0 aromatic heterocycles. The zero-order valence-electron chi connectivity index (χ0n) is 20.2. The van der Waals surface area contributed by atoms with Crippen LogP contribution in [0, 0.1) is 0 Å². The minimum atomic E-state index is -0.531. The van der Waals surface area contributed by atoms with E-state index in [2.05, 4.69) is 31.0 Å². The van der Waals surface area contributed by atoms with E-state index in [1.807, 2.05) is 18.2 Å². The van der Waals surface area contributed by atoms with Gasteiger partial charge in [-0.25, -0.2) is 0 Å². The first-order valence-electron chi connectivity index (χ1n) is 12.3. The van der Waals surface area contributed by atoms with Crippen molar-refractivity contribution in [2.75, 3.05) is 39.9 Å². The first-order valence-corrected chi connectivity index (χ1v) is 12.3. The summed E-state index contributed by atoms with van der Waals surface area (Å²) in [5.41, 5.74) is 1.32. The third-order valence-corrected chi connectivity index (χ3v) is 7.07. The van der Waals surface area contributed by atoms with E-state index in [0.29, 0.717) is 13.2 Å². The molecule has 5 heteroatoms. The molecule has 176 valence electrons. The summed E-state index contributed by atoms with van der Waals surface area (Å²) in [7, 11) is 1.68. The van der Waals surface area contributed by atoms with Crippen molar-refractivity contribution >= 4 is 0 Å². The summed E-state index contributed by atoms with van der Waals surface area (Å²) in [5, 5.41) is 14.2. The van der Waals surface area contributed by atoms with Gasteiger partial charge in [-0.2, -0.15) is 0 Å². The number of nitrogens with zero attached hydrogens (tertiary/aromatic N) is 1. The van der Waals surface area contributed by atoms with E-state index >= 15 is 0 Å². The predicted octanol–water partition coefficient (Wildman–Crippen LogP) is 4.51. The Kier molecular flexibility index (Phi) is 8.65. The van der Waals surface area contributed by atoms with Gasteiger partial charge in [0.15, 0.2) is 0 Å². The molecule has 1 aliphatic heterocycles. The van der Waals surface area contributed by atoms with Gasteiger partial charge in [-0.1, -0.05) is 46.5 Å². The van der Waals surface area contributed by atoms with Crippen molar-refractivity contribution in [1.29, 1.82) is 0 Å². The van der Waals surface area contributed by atoms with Crippen LogP contribution in [0.1, 0.15) is 77.7 Å². The highest BCUT2D eigenvalue weighted by molar-refractivity contribution is 5.44. The van der Waals surface area contributed by atoms with E-state index < -0.39 is 6.10 Å². The molecule has 2 aliphatic rings. The lowest BCUT2D eigenvalue weighted by Gasteiger charge is -2.48. The molecule has 0 bridgehead atoms. The Balaban J connectivity index is 1.52. The maximum atomic E-state index is 10.6. The van der Waals surface area contributed by atoms with Crippen LogP contribution in [0.4, 0.5) is 0 Å². The molecule has 0 radical (unpaired) electrons. The SMILES string of the molecule is COc1ccc(OCC(O)CNCC2(N3CCCCC3)CCCCC2)c(C(C)(C)C)c1. The van der Waals surface area contributed by atoms with Crippen LogP contribution < -0.4 is 14.8 Å². The number of ether oxygens (including phenoxy) is 2. The largest absolute Gasteiger partial charge is 0.497 e. The Morgan fingerprint density at radius 2 is 1.74 bits per heavy atom. The van der Waals surface area contributed by atoms with Crippen LogP contribution >= 0.6 is 0 Å². The second kappa shape index (κ2) is 11.0. The van der Waals surface area contributed by atoms with Gasteiger partial charge in [0.2, 0.25) is 0 Å². The van der Waals surface area contributed by atoms with Crippen LogP contribution in [0.25, 0.3) is 0 Å². The number of aliphatic hydroxyl groups is 1. The highest BCUT2D eigenvalue weighted by Crippen LogP contribution is 2.36. The number of likely N-dealkylation sites (tertiary alicyclic amines) is 1. The molecule has 0 amide bonds. The second-order valence-corrected chi connectivity index (χ2v) is 10.5. The molecule has 1 atom stereocenters. The molecule has 2 fully saturated rings. The Morgan fingerprint density at radius 3 is 2.39 bits per heavy atom. The molecule has 2 N–H and O–H groups in total. The molecule has 3 rings (SSSR count). The first kappa shape index (κ1) is 24.3. The van der Waals surface area contributed by atoms with E-state index in [1.165, 1.54) is 64.5 Å². The highest BCUT2D eigenvalue weighted by Gasteiger charge is 2.38.